The monoisotopic (exact) mass is 387 g/mol. The van der Waals surface area contributed by atoms with Gasteiger partial charge in [0.25, 0.3) is 5.91 Å². The van der Waals surface area contributed by atoms with Crippen molar-refractivity contribution in [3.8, 4) is 0 Å². The van der Waals surface area contributed by atoms with Gasteiger partial charge in [0.1, 0.15) is 0 Å². The van der Waals surface area contributed by atoms with Gasteiger partial charge in [-0.3, -0.25) is 4.79 Å². The molecule has 9 heteroatoms. The van der Waals surface area contributed by atoms with Gasteiger partial charge in [-0.25, -0.2) is 13.6 Å². The number of sulfonamides is 1. The number of rotatable bonds is 4. The van der Waals surface area contributed by atoms with Crippen LogP contribution < -0.4 is 15.4 Å². The van der Waals surface area contributed by atoms with Crippen LogP contribution >= 0.6 is 23.2 Å². The fraction of sp³-hybridized carbons (Fsp3) is 0.133. The second-order valence-corrected chi connectivity index (χ2v) is 7.58. The minimum atomic E-state index is -3.89. The molecule has 0 unspecified atom stereocenters. The van der Waals surface area contributed by atoms with E-state index in [0.717, 1.165) is 0 Å². The van der Waals surface area contributed by atoms with Crippen LogP contribution in [0.1, 0.15) is 10.4 Å². The van der Waals surface area contributed by atoms with E-state index >= 15 is 0 Å². The van der Waals surface area contributed by atoms with Gasteiger partial charge in [-0.1, -0.05) is 23.2 Å². The second-order valence-electron chi connectivity index (χ2n) is 5.20. The highest BCUT2D eigenvalue weighted by atomic mass is 35.5. The molecule has 0 aliphatic rings. The highest BCUT2D eigenvalue weighted by molar-refractivity contribution is 7.89. The third-order valence-electron chi connectivity index (χ3n) is 3.21. The summed E-state index contributed by atoms with van der Waals surface area (Å²) in [5, 5.41) is 8.39. The number of nitrogens with zero attached hydrogens (tertiary/aromatic N) is 1. The van der Waals surface area contributed by atoms with Crippen molar-refractivity contribution in [3.05, 3.63) is 52.0 Å². The van der Waals surface area contributed by atoms with Crippen LogP contribution in [-0.2, 0) is 10.0 Å². The summed E-state index contributed by atoms with van der Waals surface area (Å²) in [6.45, 7) is 0. The van der Waals surface area contributed by atoms with Crippen molar-refractivity contribution in [3.63, 3.8) is 0 Å². The van der Waals surface area contributed by atoms with E-state index in [0.29, 0.717) is 16.4 Å². The summed E-state index contributed by atoms with van der Waals surface area (Å²) in [6.07, 6.45) is 0. The number of nitrogens with two attached hydrogens (primary N) is 1. The topological polar surface area (TPSA) is 92.5 Å². The van der Waals surface area contributed by atoms with Gasteiger partial charge < -0.3 is 10.2 Å². The zero-order valence-electron chi connectivity index (χ0n) is 12.9. The highest BCUT2D eigenvalue weighted by Crippen LogP contribution is 2.28. The number of benzene rings is 2. The quantitative estimate of drug-likeness (QED) is 0.842. The van der Waals surface area contributed by atoms with E-state index in [-0.39, 0.29) is 15.5 Å². The predicted molar refractivity (Wildman–Crippen MR) is 96.6 cm³/mol. The Hall–Kier alpha value is -1.80. The summed E-state index contributed by atoms with van der Waals surface area (Å²) >= 11 is 11.7. The summed E-state index contributed by atoms with van der Waals surface area (Å²) in [5.41, 5.74) is 1.22. The van der Waals surface area contributed by atoms with Gasteiger partial charge in [-0.05, 0) is 36.4 Å². The van der Waals surface area contributed by atoms with E-state index in [1.54, 1.807) is 25.1 Å². The molecule has 2 aromatic rings. The van der Waals surface area contributed by atoms with Crippen molar-refractivity contribution in [1.82, 2.24) is 0 Å². The Bertz CT molecular complexity index is 899. The summed E-state index contributed by atoms with van der Waals surface area (Å²) < 4.78 is 23.0. The molecular formula is C15H15Cl2N3O3S. The first kappa shape index (κ1) is 18.5. The van der Waals surface area contributed by atoms with Gasteiger partial charge in [0, 0.05) is 19.7 Å². The number of halogens is 2. The van der Waals surface area contributed by atoms with Gasteiger partial charge in [-0.2, -0.15) is 0 Å². The van der Waals surface area contributed by atoms with Gasteiger partial charge in [0.2, 0.25) is 10.0 Å². The molecule has 0 aliphatic carbocycles. The van der Waals surface area contributed by atoms with Gasteiger partial charge in [0.05, 0.1) is 26.3 Å². The van der Waals surface area contributed by atoms with E-state index in [1.807, 2.05) is 0 Å². The minimum absolute atomic E-state index is 0.0995. The standard InChI is InChI=1S/C15H15Cl2N3O3S/c1-20(2)14-6-4-10(24(18,22)23)8-13(14)19-15(21)9-3-5-11(16)12(17)7-9/h3-8H,1-2H3,(H,19,21)(H2,18,22,23). The average Bonchev–Trinajstić information content (AvgIpc) is 2.48. The molecule has 0 heterocycles. The van der Waals surface area contributed by atoms with Crippen LogP contribution in [0.15, 0.2) is 41.3 Å². The molecule has 0 fully saturated rings. The highest BCUT2D eigenvalue weighted by Gasteiger charge is 2.16. The first-order valence-electron chi connectivity index (χ1n) is 6.70. The summed E-state index contributed by atoms with van der Waals surface area (Å²) in [6, 6.07) is 8.69. The third-order valence-corrected chi connectivity index (χ3v) is 4.86. The second kappa shape index (κ2) is 6.98. The Kier molecular flexibility index (Phi) is 5.39. The molecule has 0 atom stereocenters. The molecular weight excluding hydrogens is 373 g/mol. The number of hydrogen-bond acceptors (Lipinski definition) is 4. The van der Waals surface area contributed by atoms with Crippen LogP contribution in [0.4, 0.5) is 11.4 Å². The predicted octanol–water partition coefficient (Wildman–Crippen LogP) is 2.96. The van der Waals surface area contributed by atoms with Crippen molar-refractivity contribution in [2.24, 2.45) is 5.14 Å². The molecule has 2 rings (SSSR count). The lowest BCUT2D eigenvalue weighted by molar-refractivity contribution is 0.102. The van der Waals surface area contributed by atoms with Gasteiger partial charge in [-0.15, -0.1) is 0 Å². The fourth-order valence-electron chi connectivity index (χ4n) is 2.01. The largest absolute Gasteiger partial charge is 0.376 e. The van der Waals surface area contributed by atoms with Crippen molar-refractivity contribution in [1.29, 1.82) is 0 Å². The lowest BCUT2D eigenvalue weighted by atomic mass is 10.2. The maximum absolute atomic E-state index is 12.4. The number of primary sulfonamides is 1. The lowest BCUT2D eigenvalue weighted by Crippen LogP contribution is -2.18. The maximum Gasteiger partial charge on any atom is 0.255 e. The molecule has 1 amide bonds. The van der Waals surface area contributed by atoms with E-state index in [4.69, 9.17) is 28.3 Å². The molecule has 128 valence electrons. The normalized spacial score (nSPS) is 11.2. The zero-order chi connectivity index (χ0) is 18.1. The van der Waals surface area contributed by atoms with Gasteiger partial charge >= 0.3 is 0 Å². The minimum Gasteiger partial charge on any atom is -0.376 e. The van der Waals surface area contributed by atoms with E-state index in [2.05, 4.69) is 5.32 Å². The third kappa shape index (κ3) is 4.18. The summed E-state index contributed by atoms with van der Waals surface area (Å²) in [4.78, 5) is 14.0. The molecule has 24 heavy (non-hydrogen) atoms. The first-order valence-corrected chi connectivity index (χ1v) is 9.00. The Morgan fingerprint density at radius 3 is 2.29 bits per heavy atom. The molecule has 2 aromatic carbocycles. The molecule has 0 aromatic heterocycles. The van der Waals surface area contributed by atoms with Crippen molar-refractivity contribution in [2.45, 2.75) is 4.90 Å². The summed E-state index contributed by atoms with van der Waals surface area (Å²) in [7, 11) is -0.360. The van der Waals surface area contributed by atoms with Crippen LogP contribution in [0, 0.1) is 0 Å². The number of carbonyl (C=O) groups excluding carboxylic acids is 1. The number of anilines is 2. The van der Waals surface area contributed by atoms with Crippen LogP contribution in [-0.4, -0.2) is 28.4 Å². The van der Waals surface area contributed by atoms with Crippen LogP contribution in [0.3, 0.4) is 0 Å². The molecule has 0 bridgehead atoms. The molecule has 0 aliphatic heterocycles. The Morgan fingerprint density at radius 2 is 1.75 bits per heavy atom. The van der Waals surface area contributed by atoms with Crippen LogP contribution in [0.5, 0.6) is 0 Å². The van der Waals surface area contributed by atoms with Crippen molar-refractivity contribution < 1.29 is 13.2 Å². The maximum atomic E-state index is 12.4. The number of nitrogens with one attached hydrogen (secondary N) is 1. The smallest absolute Gasteiger partial charge is 0.255 e. The lowest BCUT2D eigenvalue weighted by Gasteiger charge is -2.19. The number of carbonyl (C=O) groups is 1. The molecule has 0 saturated carbocycles. The van der Waals surface area contributed by atoms with Crippen molar-refractivity contribution in [2.75, 3.05) is 24.3 Å². The Morgan fingerprint density at radius 1 is 1.08 bits per heavy atom. The SMILES string of the molecule is CN(C)c1ccc(S(N)(=O)=O)cc1NC(=O)c1ccc(Cl)c(Cl)c1. The first-order chi connectivity index (χ1) is 11.1. The Labute approximate surface area is 150 Å². The van der Waals surface area contributed by atoms with Gasteiger partial charge in [0.15, 0.2) is 0 Å². The molecule has 0 spiro atoms. The average molecular weight is 388 g/mol. The summed E-state index contributed by atoms with van der Waals surface area (Å²) in [5.74, 6) is -0.455. The van der Waals surface area contributed by atoms with Crippen LogP contribution in [0.25, 0.3) is 0 Å². The molecule has 6 nitrogen and oxygen atoms in total. The van der Waals surface area contributed by atoms with E-state index in [1.165, 1.54) is 30.3 Å². The molecule has 3 N–H and O–H groups in total. The molecule has 0 radical (unpaired) electrons. The fourth-order valence-corrected chi connectivity index (χ4v) is 2.85. The zero-order valence-corrected chi connectivity index (χ0v) is 15.2. The van der Waals surface area contributed by atoms with E-state index in [9.17, 15) is 13.2 Å². The molecule has 0 saturated heterocycles. The number of hydrogen-bond donors (Lipinski definition) is 2. The van der Waals surface area contributed by atoms with E-state index < -0.39 is 15.9 Å². The van der Waals surface area contributed by atoms with Crippen LogP contribution in [0.2, 0.25) is 10.0 Å². The number of amides is 1. The van der Waals surface area contributed by atoms with Crippen molar-refractivity contribution >= 4 is 50.5 Å². The Balaban J connectivity index is 2.42.